The lowest BCUT2D eigenvalue weighted by Crippen LogP contribution is -2.47. The molecule has 0 radical (unpaired) electrons. The van der Waals surface area contributed by atoms with E-state index in [0.29, 0.717) is 0 Å². The van der Waals surface area contributed by atoms with Crippen molar-refractivity contribution in [2.24, 2.45) is 0 Å². The van der Waals surface area contributed by atoms with Crippen LogP contribution in [0.4, 0.5) is 39.5 Å². The van der Waals surface area contributed by atoms with Gasteiger partial charge in [-0.05, 0) is 13.8 Å². The number of rotatable bonds is 8. The average Bonchev–Trinajstić information content (AvgIpc) is 2.56. The van der Waals surface area contributed by atoms with Gasteiger partial charge in [0.05, 0.1) is 30.7 Å². The molecule has 0 atom stereocenters. The highest BCUT2D eigenvalue weighted by molar-refractivity contribution is 8.29. The van der Waals surface area contributed by atoms with Gasteiger partial charge in [0.25, 0.3) is 0 Å². The summed E-state index contributed by atoms with van der Waals surface area (Å²) >= 11 is 0. The molecule has 32 heavy (non-hydrogen) atoms. The number of hydrogen-bond donors (Lipinski definition) is 0. The fraction of sp³-hybridized carbons (Fsp3) is 0.917. The molecule has 0 N–H and O–H groups in total. The fourth-order valence-corrected chi connectivity index (χ4v) is 7.30. The van der Waals surface area contributed by atoms with E-state index in [1.165, 1.54) is 13.1 Å². The van der Waals surface area contributed by atoms with Gasteiger partial charge in [0, 0.05) is 7.11 Å². The number of quaternary nitrogens is 1. The Labute approximate surface area is 178 Å². The van der Waals surface area contributed by atoms with Crippen LogP contribution in [-0.4, -0.2) is 86.7 Å². The molecule has 8 nitrogen and oxygen atoms in total. The normalized spacial score (nSPS) is 14.8. The molecule has 0 aliphatic carbocycles. The fourth-order valence-electron chi connectivity index (χ4n) is 1.57. The van der Waals surface area contributed by atoms with Crippen LogP contribution in [0, 0.1) is 3.91 Å². The molecule has 0 aliphatic heterocycles. The number of halogens is 9. The summed E-state index contributed by atoms with van der Waals surface area (Å²) in [6.45, 7) is 8.83. The van der Waals surface area contributed by atoms with Crippen LogP contribution in [0.2, 0.25) is 0 Å². The van der Waals surface area contributed by atoms with E-state index in [-0.39, 0.29) is 0 Å². The number of likely N-dealkylation sites (N-methyl/N-ethyl adjacent to an activating group) is 1. The van der Waals surface area contributed by atoms with E-state index >= 15 is 0 Å². The molecule has 0 rings (SSSR count). The van der Waals surface area contributed by atoms with Gasteiger partial charge in [-0.1, -0.05) is 0 Å². The zero-order chi connectivity index (χ0) is 26.6. The summed E-state index contributed by atoms with van der Waals surface area (Å²) in [7, 11) is -20.0. The van der Waals surface area contributed by atoms with Crippen LogP contribution in [0.5, 0.6) is 0 Å². The van der Waals surface area contributed by atoms with Gasteiger partial charge in [0.1, 0.15) is 6.54 Å². The molecular weight excluding hydrogens is 537 g/mol. The van der Waals surface area contributed by atoms with Gasteiger partial charge in [-0.3, -0.25) is 25.3 Å². The summed E-state index contributed by atoms with van der Waals surface area (Å²) in [4.78, 5) is 0. The third-order valence-corrected chi connectivity index (χ3v) is 11.0. The maximum atomic E-state index is 12.0. The summed E-state index contributed by atoms with van der Waals surface area (Å²) < 4.78 is 174. The Hall–Kier alpha value is -0.860. The van der Waals surface area contributed by atoms with Crippen LogP contribution >= 0.6 is 0 Å². The second-order valence-corrected chi connectivity index (χ2v) is 12.5. The number of alkyl halides is 9. The molecule has 0 aliphatic rings. The quantitative estimate of drug-likeness (QED) is 0.256. The Kier molecular flexibility index (Phi) is 11.0. The van der Waals surface area contributed by atoms with Gasteiger partial charge < -0.3 is 9.22 Å². The van der Waals surface area contributed by atoms with Crippen LogP contribution < -0.4 is 0 Å². The molecule has 20 heteroatoms. The second kappa shape index (κ2) is 10.6. The standard InChI is InChI=1S/C8H20NO.C4F9O6S3/c1-5-9(3,6-2)7-8-10-4;5-2(6,7)20(14,15)1(21(16,17)3(8,9)10)22(18,19)4(11,12)13/h5-8H2,1-4H3;/q+1;-1. The largest absolute Gasteiger partial charge is 0.470 e. The van der Waals surface area contributed by atoms with Crippen LogP contribution in [-0.2, 0) is 34.2 Å². The van der Waals surface area contributed by atoms with Crippen molar-refractivity contribution in [2.75, 3.05) is 40.4 Å². The lowest BCUT2D eigenvalue weighted by Gasteiger charge is -2.31. The highest BCUT2D eigenvalue weighted by atomic mass is 32.3. The zero-order valence-electron chi connectivity index (χ0n) is 16.8. The Bertz CT molecular complexity index is 812. The Morgan fingerprint density at radius 1 is 0.688 bits per heavy atom. The Balaban J connectivity index is 0. The maximum absolute atomic E-state index is 12.0. The molecule has 0 aromatic carbocycles. The van der Waals surface area contributed by atoms with Gasteiger partial charge in [-0.15, -0.1) is 0 Å². The molecule has 0 aromatic heterocycles. The minimum atomic E-state index is -8.02. The molecule has 0 bridgehead atoms. The molecule has 0 heterocycles. The number of methoxy groups -OCH3 is 1. The number of sulfone groups is 3. The monoisotopic (exact) mass is 557 g/mol. The van der Waals surface area contributed by atoms with Crippen molar-refractivity contribution in [1.82, 2.24) is 0 Å². The molecule has 0 saturated carbocycles. The van der Waals surface area contributed by atoms with Crippen molar-refractivity contribution in [1.29, 1.82) is 0 Å². The minimum Gasteiger partial charge on any atom is -0.379 e. The molecular formula is C12H20F9NO7S3. The van der Waals surface area contributed by atoms with Crippen molar-refractivity contribution < 1.29 is 74.0 Å². The minimum absolute atomic E-state index is 0.873. The lowest BCUT2D eigenvalue weighted by molar-refractivity contribution is -0.906. The summed E-state index contributed by atoms with van der Waals surface area (Å²) in [5.74, 6) is 0. The average molecular weight is 557 g/mol. The first-order valence-electron chi connectivity index (χ1n) is 7.93. The summed E-state index contributed by atoms with van der Waals surface area (Å²) in [5, 5.41) is 0. The predicted octanol–water partition coefficient (Wildman–Crippen LogP) is 2.36. The highest BCUT2D eigenvalue weighted by Gasteiger charge is 2.63. The van der Waals surface area contributed by atoms with Gasteiger partial charge in [-0.2, -0.15) is 39.5 Å². The highest BCUT2D eigenvalue weighted by Crippen LogP contribution is 2.47. The zero-order valence-corrected chi connectivity index (χ0v) is 19.2. The molecule has 0 amide bonds. The Morgan fingerprint density at radius 3 is 1.09 bits per heavy atom. The van der Waals surface area contributed by atoms with Crippen molar-refractivity contribution in [2.45, 2.75) is 30.4 Å². The molecule has 196 valence electrons. The SMILES string of the molecule is CC[N+](C)(CC)CCOC.O=S(=O)([C-](S(=O)(=O)C(F)(F)F)S(=O)(=O)C(F)(F)F)C(F)(F)F. The lowest BCUT2D eigenvalue weighted by atomic mass is 10.4. The van der Waals surface area contributed by atoms with E-state index in [1.807, 2.05) is 0 Å². The van der Waals surface area contributed by atoms with Gasteiger partial charge in [0.2, 0.25) is 0 Å². The maximum Gasteiger partial charge on any atom is 0.470 e. The number of hydrogen-bond acceptors (Lipinski definition) is 7. The predicted molar refractivity (Wildman–Crippen MR) is 92.2 cm³/mol. The van der Waals surface area contributed by atoms with E-state index in [0.717, 1.165) is 17.6 Å². The van der Waals surface area contributed by atoms with Crippen molar-refractivity contribution in [3.63, 3.8) is 0 Å². The molecule has 0 aromatic rings. The number of ether oxygens (including phenoxy) is 1. The van der Waals surface area contributed by atoms with E-state index in [4.69, 9.17) is 4.74 Å². The molecule has 0 saturated heterocycles. The summed E-state index contributed by atoms with van der Waals surface area (Å²) in [5.41, 5.74) is -21.2. The van der Waals surface area contributed by atoms with Gasteiger partial charge in [0.15, 0.2) is 29.5 Å². The van der Waals surface area contributed by atoms with E-state index < -0.39 is 50.0 Å². The van der Waals surface area contributed by atoms with E-state index in [9.17, 15) is 64.8 Å². The van der Waals surface area contributed by atoms with Crippen LogP contribution in [0.1, 0.15) is 13.8 Å². The van der Waals surface area contributed by atoms with Crippen LogP contribution in [0.25, 0.3) is 0 Å². The first kappa shape index (κ1) is 33.3. The smallest absolute Gasteiger partial charge is 0.379 e. The van der Waals surface area contributed by atoms with Crippen molar-refractivity contribution in [3.05, 3.63) is 3.91 Å². The van der Waals surface area contributed by atoms with Gasteiger partial charge >= 0.3 is 16.5 Å². The molecule has 0 fully saturated rings. The van der Waals surface area contributed by atoms with E-state index in [2.05, 4.69) is 20.9 Å². The molecule has 0 unspecified atom stereocenters. The van der Waals surface area contributed by atoms with Crippen LogP contribution in [0.15, 0.2) is 0 Å². The van der Waals surface area contributed by atoms with Gasteiger partial charge in [-0.25, -0.2) is 0 Å². The van der Waals surface area contributed by atoms with Crippen molar-refractivity contribution in [3.8, 4) is 0 Å². The Morgan fingerprint density at radius 2 is 0.938 bits per heavy atom. The third kappa shape index (κ3) is 7.59. The first-order chi connectivity index (χ1) is 13.8. The third-order valence-electron chi connectivity index (χ3n) is 3.93. The molecule has 0 spiro atoms. The van der Waals surface area contributed by atoms with Crippen molar-refractivity contribution >= 4 is 29.5 Å². The topological polar surface area (TPSA) is 112 Å². The second-order valence-electron chi connectivity index (χ2n) is 6.07. The van der Waals surface area contributed by atoms with Crippen LogP contribution in [0.3, 0.4) is 0 Å². The number of nitrogens with zero attached hydrogens (tertiary/aromatic N) is 1. The van der Waals surface area contributed by atoms with E-state index in [1.54, 1.807) is 7.11 Å². The summed E-state index contributed by atoms with van der Waals surface area (Å²) in [6, 6.07) is 0. The summed E-state index contributed by atoms with van der Waals surface area (Å²) in [6.07, 6.45) is 0. The first-order valence-corrected chi connectivity index (χ1v) is 12.4.